The molecule has 5 rings (SSSR count). The van der Waals surface area contributed by atoms with E-state index < -0.39 is 17.2 Å². The number of aromatic carboxylic acids is 1. The van der Waals surface area contributed by atoms with Gasteiger partial charge < -0.3 is 19.3 Å². The highest BCUT2D eigenvalue weighted by Crippen LogP contribution is 2.45. The van der Waals surface area contributed by atoms with Crippen LogP contribution in [-0.2, 0) is 5.75 Å². The van der Waals surface area contributed by atoms with Crippen LogP contribution in [0.15, 0.2) is 21.1 Å². The summed E-state index contributed by atoms with van der Waals surface area (Å²) in [5.74, 6) is -1.11. The minimum atomic E-state index is -1.27. The topological polar surface area (TPSA) is 65.3 Å². The maximum absolute atomic E-state index is 15.1. The molecule has 1 N–H and O–H groups in total. The third-order valence-corrected chi connectivity index (χ3v) is 7.40. The summed E-state index contributed by atoms with van der Waals surface area (Å²) in [5, 5.41) is 11.6. The number of anilines is 1. The average Bonchev–Trinajstić information content (AvgIpc) is 3.06. The number of benzene rings is 1. The summed E-state index contributed by atoms with van der Waals surface area (Å²) in [5.41, 5.74) is 1.23. The van der Waals surface area contributed by atoms with Crippen molar-refractivity contribution in [3.63, 3.8) is 0 Å². The molecule has 2 aliphatic heterocycles. The highest BCUT2D eigenvalue weighted by Gasteiger charge is 2.30. The maximum atomic E-state index is 15.1. The molecule has 0 atom stereocenters. The van der Waals surface area contributed by atoms with Crippen molar-refractivity contribution in [3.05, 3.63) is 38.7 Å². The number of hydrogen-bond donors (Lipinski definition) is 1. The van der Waals surface area contributed by atoms with Crippen LogP contribution in [0.1, 0.15) is 16.1 Å². The Labute approximate surface area is 161 Å². The number of carboxylic acid groups (broad SMARTS) is 1. The molecule has 2 aromatic heterocycles. The van der Waals surface area contributed by atoms with E-state index in [-0.39, 0.29) is 10.9 Å². The fourth-order valence-corrected chi connectivity index (χ4v) is 6.26. The normalized spacial score (nSPS) is 17.3. The number of halogens is 1. The number of rotatable bonds is 2. The fourth-order valence-electron chi connectivity index (χ4n) is 3.90. The van der Waals surface area contributed by atoms with E-state index in [0.29, 0.717) is 34.9 Å². The van der Waals surface area contributed by atoms with Gasteiger partial charge >= 0.3 is 5.97 Å². The summed E-state index contributed by atoms with van der Waals surface area (Å²) >= 11 is 2.78. The molecule has 2 aliphatic rings. The van der Waals surface area contributed by atoms with E-state index in [4.69, 9.17) is 0 Å². The van der Waals surface area contributed by atoms with Crippen LogP contribution >= 0.6 is 23.1 Å². The van der Waals surface area contributed by atoms with Crippen LogP contribution in [0.5, 0.6) is 0 Å². The second-order valence-electron chi connectivity index (χ2n) is 6.89. The molecule has 0 radical (unpaired) electrons. The number of aromatic nitrogens is 1. The number of thiazole rings is 1. The summed E-state index contributed by atoms with van der Waals surface area (Å²) in [7, 11) is 2.04. The predicted molar refractivity (Wildman–Crippen MR) is 105 cm³/mol. The van der Waals surface area contributed by atoms with E-state index in [2.05, 4.69) is 4.90 Å². The van der Waals surface area contributed by atoms with Crippen LogP contribution in [0.2, 0.25) is 0 Å². The summed E-state index contributed by atoms with van der Waals surface area (Å²) in [6.07, 6.45) is 0. The highest BCUT2D eigenvalue weighted by molar-refractivity contribution is 7.99. The van der Waals surface area contributed by atoms with Crippen LogP contribution in [0.3, 0.4) is 0 Å². The number of pyridine rings is 1. The maximum Gasteiger partial charge on any atom is 0.342 e. The van der Waals surface area contributed by atoms with E-state index >= 15 is 4.39 Å². The van der Waals surface area contributed by atoms with E-state index in [0.717, 1.165) is 23.7 Å². The van der Waals surface area contributed by atoms with Gasteiger partial charge in [0.25, 0.3) is 0 Å². The molecule has 1 fully saturated rings. The third-order valence-electron chi connectivity index (χ3n) is 5.29. The van der Waals surface area contributed by atoms with Gasteiger partial charge in [0.2, 0.25) is 5.43 Å². The lowest BCUT2D eigenvalue weighted by Crippen LogP contribution is -2.45. The molecular weight excluding hydrogens is 389 g/mol. The molecule has 140 valence electrons. The summed E-state index contributed by atoms with van der Waals surface area (Å²) in [6, 6.07) is 1.22. The van der Waals surface area contributed by atoms with Crippen LogP contribution in [0.4, 0.5) is 10.1 Å². The minimum absolute atomic E-state index is 0.141. The van der Waals surface area contributed by atoms with Crippen molar-refractivity contribution >= 4 is 50.5 Å². The summed E-state index contributed by atoms with van der Waals surface area (Å²) in [6.45, 7) is 3.12. The second kappa shape index (κ2) is 5.95. The van der Waals surface area contributed by atoms with Gasteiger partial charge in [-0.2, -0.15) is 0 Å². The average molecular weight is 405 g/mol. The standard InChI is InChI=1S/C18H16FN3O3S2/c1-20-2-4-21(5-3-20)14-11(19)6-10-13-16(14)26-7-9-8-27-17(22(9)13)12(15(10)23)18(24)25/h6,8H,2-5,7H2,1H3,(H,24,25). The number of nitrogens with zero attached hydrogens (tertiary/aromatic N) is 3. The fraction of sp³-hybridized carbons (Fsp3) is 0.333. The van der Waals surface area contributed by atoms with E-state index in [1.165, 1.54) is 29.2 Å². The van der Waals surface area contributed by atoms with Crippen LogP contribution in [-0.4, -0.2) is 53.6 Å². The third kappa shape index (κ3) is 2.35. The quantitative estimate of drug-likeness (QED) is 0.707. The SMILES string of the molecule is CN1CCN(c2c(F)cc3c(=O)c(C(=O)O)c4scc5n4c3c2SC5)CC1. The monoisotopic (exact) mass is 405 g/mol. The van der Waals surface area contributed by atoms with E-state index in [9.17, 15) is 14.7 Å². The van der Waals surface area contributed by atoms with Crippen LogP contribution < -0.4 is 10.3 Å². The van der Waals surface area contributed by atoms with Gasteiger partial charge in [0.1, 0.15) is 16.2 Å². The molecule has 0 bridgehead atoms. The molecule has 0 unspecified atom stereocenters. The first-order valence-corrected chi connectivity index (χ1v) is 10.4. The van der Waals surface area contributed by atoms with Crippen molar-refractivity contribution in [2.75, 3.05) is 38.1 Å². The Balaban J connectivity index is 1.88. The van der Waals surface area contributed by atoms with Crippen molar-refractivity contribution in [1.82, 2.24) is 9.30 Å². The molecular formula is C18H16FN3O3S2. The van der Waals surface area contributed by atoms with Gasteiger partial charge in [-0.1, -0.05) is 0 Å². The lowest BCUT2D eigenvalue weighted by atomic mass is 10.1. The Morgan fingerprint density at radius 2 is 2.00 bits per heavy atom. The summed E-state index contributed by atoms with van der Waals surface area (Å²) < 4.78 is 17.0. The van der Waals surface area contributed by atoms with Crippen molar-refractivity contribution < 1.29 is 14.3 Å². The van der Waals surface area contributed by atoms with Crippen molar-refractivity contribution in [2.45, 2.75) is 10.6 Å². The zero-order valence-corrected chi connectivity index (χ0v) is 16.1. The largest absolute Gasteiger partial charge is 0.477 e. The van der Waals surface area contributed by atoms with Gasteiger partial charge in [0.05, 0.1) is 21.5 Å². The number of hydrogen-bond acceptors (Lipinski definition) is 6. The van der Waals surface area contributed by atoms with Gasteiger partial charge in [-0.05, 0) is 13.1 Å². The molecule has 1 aromatic carbocycles. The first kappa shape index (κ1) is 17.0. The summed E-state index contributed by atoms with van der Waals surface area (Å²) in [4.78, 5) is 30.0. The second-order valence-corrected chi connectivity index (χ2v) is 8.73. The molecule has 6 nitrogen and oxygen atoms in total. The molecule has 0 amide bonds. The Morgan fingerprint density at radius 1 is 1.26 bits per heavy atom. The predicted octanol–water partition coefficient (Wildman–Crippen LogP) is 2.71. The Bertz CT molecular complexity index is 1180. The van der Waals surface area contributed by atoms with Gasteiger partial charge in [0, 0.05) is 43.0 Å². The molecule has 1 saturated heterocycles. The highest BCUT2D eigenvalue weighted by atomic mass is 32.2. The first-order chi connectivity index (χ1) is 13.0. The molecule has 3 aromatic rings. The van der Waals surface area contributed by atoms with Crippen LogP contribution in [0.25, 0.3) is 15.7 Å². The number of thioether (sulfide) groups is 1. The number of carbonyl (C=O) groups is 1. The van der Waals surface area contributed by atoms with Gasteiger partial charge in [-0.15, -0.1) is 23.1 Å². The number of carboxylic acids is 1. The Kier molecular flexibility index (Phi) is 3.75. The van der Waals surface area contributed by atoms with Crippen molar-refractivity contribution in [2.24, 2.45) is 0 Å². The zero-order chi connectivity index (χ0) is 18.9. The van der Waals surface area contributed by atoms with Gasteiger partial charge in [-0.3, -0.25) is 4.79 Å². The number of likely N-dealkylation sites (N-methyl/N-ethyl adjacent to an activating group) is 1. The zero-order valence-electron chi connectivity index (χ0n) is 14.5. The Hall–Kier alpha value is -2.10. The lowest BCUT2D eigenvalue weighted by Gasteiger charge is -2.36. The minimum Gasteiger partial charge on any atom is -0.477 e. The molecule has 27 heavy (non-hydrogen) atoms. The smallest absolute Gasteiger partial charge is 0.342 e. The molecule has 0 saturated carbocycles. The van der Waals surface area contributed by atoms with Gasteiger partial charge in [0.15, 0.2) is 0 Å². The molecule has 4 heterocycles. The lowest BCUT2D eigenvalue weighted by molar-refractivity contribution is 0.0697. The first-order valence-electron chi connectivity index (χ1n) is 8.58. The van der Waals surface area contributed by atoms with E-state index in [1.807, 2.05) is 21.7 Å². The molecule has 0 aliphatic carbocycles. The van der Waals surface area contributed by atoms with Crippen LogP contribution in [0, 0.1) is 5.82 Å². The number of piperazine rings is 1. The molecule has 9 heteroatoms. The van der Waals surface area contributed by atoms with Gasteiger partial charge in [-0.25, -0.2) is 9.18 Å². The van der Waals surface area contributed by atoms with Crippen molar-refractivity contribution in [1.29, 1.82) is 0 Å². The van der Waals surface area contributed by atoms with E-state index in [1.54, 1.807) is 0 Å². The Morgan fingerprint density at radius 3 is 2.70 bits per heavy atom. The van der Waals surface area contributed by atoms with Crippen molar-refractivity contribution in [3.8, 4) is 0 Å². The molecule has 0 spiro atoms.